The second-order valence-electron chi connectivity index (χ2n) is 5.42. The van der Waals surface area contributed by atoms with Crippen molar-refractivity contribution in [2.45, 2.75) is 6.54 Å². The van der Waals surface area contributed by atoms with Crippen molar-refractivity contribution in [1.29, 1.82) is 5.26 Å². The van der Waals surface area contributed by atoms with E-state index in [9.17, 15) is 4.79 Å². The zero-order valence-electron chi connectivity index (χ0n) is 13.8. The zero-order chi connectivity index (χ0) is 18.2. The van der Waals surface area contributed by atoms with Crippen molar-refractivity contribution >= 4 is 23.2 Å². The molecule has 0 bridgehead atoms. The van der Waals surface area contributed by atoms with Crippen LogP contribution in [-0.2, 0) is 6.54 Å². The topological polar surface area (TPSA) is 103 Å². The summed E-state index contributed by atoms with van der Waals surface area (Å²) >= 11 is 0. The van der Waals surface area contributed by atoms with Crippen LogP contribution < -0.4 is 16.0 Å². The van der Waals surface area contributed by atoms with Gasteiger partial charge in [0.15, 0.2) is 0 Å². The number of nitrogens with zero attached hydrogens (tertiary/aromatic N) is 3. The Morgan fingerprint density at radius 3 is 2.46 bits per heavy atom. The first-order valence-electron chi connectivity index (χ1n) is 7.90. The summed E-state index contributed by atoms with van der Waals surface area (Å²) in [5.74, 6) is 0.696. The largest absolute Gasteiger partial charge is 0.366 e. The van der Waals surface area contributed by atoms with Crippen LogP contribution in [0.4, 0.5) is 22.0 Å². The first kappa shape index (κ1) is 16.9. The van der Waals surface area contributed by atoms with Crippen LogP contribution in [0.25, 0.3) is 0 Å². The number of carbonyl (C=O) groups is 1. The Bertz CT molecular complexity index is 902. The van der Waals surface area contributed by atoms with Crippen molar-refractivity contribution in [3.05, 3.63) is 78.2 Å². The molecular formula is C19H16N6O. The molecule has 0 atom stereocenters. The fraction of sp³-hybridized carbons (Fsp3) is 0.0526. The molecule has 3 rings (SSSR count). The van der Waals surface area contributed by atoms with E-state index in [2.05, 4.69) is 25.9 Å². The molecule has 3 N–H and O–H groups in total. The number of pyridine rings is 2. The lowest BCUT2D eigenvalue weighted by Crippen LogP contribution is -2.19. The second-order valence-corrected chi connectivity index (χ2v) is 5.42. The summed E-state index contributed by atoms with van der Waals surface area (Å²) in [5.41, 5.74) is 2.87. The summed E-state index contributed by atoms with van der Waals surface area (Å²) in [6.45, 7) is 0.584. The number of hydrogen-bond donors (Lipinski definition) is 3. The number of benzene rings is 1. The summed E-state index contributed by atoms with van der Waals surface area (Å²) in [6, 6.07) is 16.2. The minimum Gasteiger partial charge on any atom is -0.366 e. The maximum atomic E-state index is 11.9. The fourth-order valence-corrected chi connectivity index (χ4v) is 2.19. The number of rotatable bonds is 5. The van der Waals surface area contributed by atoms with Crippen LogP contribution in [-0.4, -0.2) is 16.0 Å². The second kappa shape index (κ2) is 8.26. The highest BCUT2D eigenvalue weighted by molar-refractivity contribution is 5.99. The normalized spacial score (nSPS) is 9.81. The van der Waals surface area contributed by atoms with E-state index in [1.54, 1.807) is 36.7 Å². The van der Waals surface area contributed by atoms with Gasteiger partial charge in [-0.1, -0.05) is 12.1 Å². The number of urea groups is 1. The smallest absolute Gasteiger partial charge is 0.323 e. The Morgan fingerprint density at radius 2 is 1.81 bits per heavy atom. The molecule has 0 fully saturated rings. The van der Waals surface area contributed by atoms with Crippen molar-refractivity contribution in [3.63, 3.8) is 0 Å². The predicted octanol–water partition coefficient (Wildman–Crippen LogP) is 3.60. The van der Waals surface area contributed by atoms with Crippen LogP contribution in [0.15, 0.2) is 67.1 Å². The lowest BCUT2D eigenvalue weighted by Gasteiger charge is -2.09. The Morgan fingerprint density at radius 1 is 1.00 bits per heavy atom. The molecule has 0 radical (unpaired) electrons. The monoisotopic (exact) mass is 344 g/mol. The van der Waals surface area contributed by atoms with E-state index in [4.69, 9.17) is 5.26 Å². The Balaban J connectivity index is 1.51. The molecule has 0 aliphatic carbocycles. The number of carbonyl (C=O) groups excluding carboxylic acids is 1. The van der Waals surface area contributed by atoms with Gasteiger partial charge in [0.2, 0.25) is 0 Å². The zero-order valence-corrected chi connectivity index (χ0v) is 13.8. The number of nitrogens with one attached hydrogen (secondary N) is 3. The van der Waals surface area contributed by atoms with Crippen LogP contribution in [0.5, 0.6) is 0 Å². The Labute approximate surface area is 150 Å². The van der Waals surface area contributed by atoms with E-state index in [1.165, 1.54) is 6.20 Å². The molecule has 26 heavy (non-hydrogen) atoms. The third-order valence-corrected chi connectivity index (χ3v) is 3.50. The van der Waals surface area contributed by atoms with E-state index in [0.717, 1.165) is 5.56 Å². The molecule has 1 aromatic carbocycles. The van der Waals surface area contributed by atoms with Crippen LogP contribution in [0, 0.1) is 11.3 Å². The lowest BCUT2D eigenvalue weighted by atomic mass is 10.2. The average Bonchev–Trinajstić information content (AvgIpc) is 2.68. The first-order chi connectivity index (χ1) is 12.7. The van der Waals surface area contributed by atoms with Crippen LogP contribution in [0.1, 0.15) is 11.1 Å². The fourth-order valence-electron chi connectivity index (χ4n) is 2.19. The predicted molar refractivity (Wildman–Crippen MR) is 99.6 cm³/mol. The maximum absolute atomic E-state index is 11.9. The number of amides is 2. The Hall–Kier alpha value is -3.92. The summed E-state index contributed by atoms with van der Waals surface area (Å²) < 4.78 is 0. The van der Waals surface area contributed by atoms with Crippen molar-refractivity contribution in [2.75, 3.05) is 16.0 Å². The highest BCUT2D eigenvalue weighted by Gasteiger charge is 2.03. The molecule has 0 spiro atoms. The van der Waals surface area contributed by atoms with Gasteiger partial charge in [0, 0.05) is 24.6 Å². The molecule has 0 saturated heterocycles. The molecule has 3 aromatic rings. The molecule has 2 heterocycles. The number of anilines is 3. The number of nitriles is 1. The minimum atomic E-state index is -0.328. The van der Waals surface area contributed by atoms with Gasteiger partial charge in [0.05, 0.1) is 17.4 Å². The molecule has 2 aromatic heterocycles. The van der Waals surface area contributed by atoms with E-state index in [-0.39, 0.29) is 6.03 Å². The van der Waals surface area contributed by atoms with E-state index in [0.29, 0.717) is 29.3 Å². The van der Waals surface area contributed by atoms with Gasteiger partial charge in [0.1, 0.15) is 11.9 Å². The van der Waals surface area contributed by atoms with Crippen molar-refractivity contribution in [1.82, 2.24) is 9.97 Å². The summed E-state index contributed by atoms with van der Waals surface area (Å²) in [5, 5.41) is 17.4. The highest BCUT2D eigenvalue weighted by Crippen LogP contribution is 2.12. The molecule has 0 aliphatic heterocycles. The van der Waals surface area contributed by atoms with Crippen molar-refractivity contribution in [2.24, 2.45) is 0 Å². The minimum absolute atomic E-state index is 0.328. The highest BCUT2D eigenvalue weighted by atomic mass is 16.2. The van der Waals surface area contributed by atoms with Gasteiger partial charge in [0.25, 0.3) is 0 Å². The third kappa shape index (κ3) is 4.79. The first-order valence-corrected chi connectivity index (χ1v) is 7.90. The van der Waals surface area contributed by atoms with Crippen molar-refractivity contribution in [3.8, 4) is 6.07 Å². The van der Waals surface area contributed by atoms with Crippen LogP contribution in [0.2, 0.25) is 0 Å². The van der Waals surface area contributed by atoms with Gasteiger partial charge in [-0.2, -0.15) is 5.26 Å². The molecule has 2 amide bonds. The van der Waals surface area contributed by atoms with Gasteiger partial charge in [-0.3, -0.25) is 4.98 Å². The van der Waals surface area contributed by atoms with Gasteiger partial charge in [-0.05, 0) is 42.0 Å². The van der Waals surface area contributed by atoms with Gasteiger partial charge < -0.3 is 16.0 Å². The standard InChI is InChI=1S/C19H16N6O/c20-10-15-5-8-18(23-12-15)22-11-14-3-6-16(7-4-14)24-19(26)25-17-2-1-9-21-13-17/h1-9,12-13H,11H2,(H,22,23)(H2,24,25,26). The van der Waals surface area contributed by atoms with E-state index >= 15 is 0 Å². The summed E-state index contributed by atoms with van der Waals surface area (Å²) in [4.78, 5) is 20.0. The van der Waals surface area contributed by atoms with Gasteiger partial charge in [-0.15, -0.1) is 0 Å². The molecule has 0 unspecified atom stereocenters. The Kier molecular flexibility index (Phi) is 5.38. The van der Waals surface area contributed by atoms with Crippen LogP contribution in [0.3, 0.4) is 0 Å². The molecule has 0 aliphatic rings. The molecular weight excluding hydrogens is 328 g/mol. The summed E-state index contributed by atoms with van der Waals surface area (Å²) in [7, 11) is 0. The van der Waals surface area contributed by atoms with E-state index < -0.39 is 0 Å². The quantitative estimate of drug-likeness (QED) is 0.656. The molecule has 7 nitrogen and oxygen atoms in total. The average molecular weight is 344 g/mol. The van der Waals surface area contributed by atoms with Gasteiger partial charge in [-0.25, -0.2) is 9.78 Å². The van der Waals surface area contributed by atoms with Crippen molar-refractivity contribution < 1.29 is 4.79 Å². The molecule has 7 heteroatoms. The SMILES string of the molecule is N#Cc1ccc(NCc2ccc(NC(=O)Nc3cccnc3)cc2)nc1. The van der Waals surface area contributed by atoms with E-state index in [1.807, 2.05) is 30.3 Å². The molecule has 128 valence electrons. The summed E-state index contributed by atoms with van der Waals surface area (Å²) in [6.07, 6.45) is 4.74. The molecule has 0 saturated carbocycles. The third-order valence-electron chi connectivity index (χ3n) is 3.50. The number of hydrogen-bond acceptors (Lipinski definition) is 5. The lowest BCUT2D eigenvalue weighted by molar-refractivity contribution is 0.262. The number of aromatic nitrogens is 2. The van der Waals surface area contributed by atoms with Crippen LogP contribution >= 0.6 is 0 Å². The van der Waals surface area contributed by atoms with Gasteiger partial charge >= 0.3 is 6.03 Å². The maximum Gasteiger partial charge on any atom is 0.323 e.